The van der Waals surface area contributed by atoms with Gasteiger partial charge in [0.1, 0.15) is 0 Å². The molecule has 0 saturated heterocycles. The Labute approximate surface area is 55.5 Å². The van der Waals surface area contributed by atoms with Crippen LogP contribution < -0.4 is 0 Å². The molecule has 1 rings (SSSR count). The summed E-state index contributed by atoms with van der Waals surface area (Å²) in [5.74, 6) is 0. The molecule has 0 fully saturated rings. The zero-order chi connectivity index (χ0) is 6.04. The molecule has 0 saturated carbocycles. The van der Waals surface area contributed by atoms with Crippen LogP contribution in [0.4, 0.5) is 0 Å². The van der Waals surface area contributed by atoms with Crippen LogP contribution in [0.25, 0.3) is 0 Å². The van der Waals surface area contributed by atoms with Gasteiger partial charge in [-0.2, -0.15) is 0 Å². The molecule has 1 atom stereocenters. The normalized spacial score (nSPS) is 37.8. The largest absolute Gasteiger partial charge is 0.119 e. The Bertz CT molecular complexity index is 103. The first kappa shape index (κ1) is 6.15. The third kappa shape index (κ3) is 1.52. The summed E-state index contributed by atoms with van der Waals surface area (Å²) in [5, 5.41) is 0. The van der Waals surface area contributed by atoms with E-state index in [-0.39, 0.29) is 4.87 Å². The minimum atomic E-state index is 0.0642. The molecule has 0 aromatic carbocycles. The third-order valence-corrected chi connectivity index (χ3v) is 1.89. The van der Waals surface area contributed by atoms with Gasteiger partial charge in [0.05, 0.1) is 0 Å². The molecule has 0 heterocycles. The minimum absolute atomic E-state index is 0.0642. The van der Waals surface area contributed by atoms with Crippen LogP contribution in [-0.4, -0.2) is 4.87 Å². The van der Waals surface area contributed by atoms with E-state index in [1.807, 2.05) is 0 Å². The highest BCUT2D eigenvalue weighted by Crippen LogP contribution is 2.28. The van der Waals surface area contributed by atoms with Crippen molar-refractivity contribution in [2.45, 2.75) is 31.1 Å². The Morgan fingerprint density at radius 2 is 2.25 bits per heavy atom. The fourth-order valence-corrected chi connectivity index (χ4v) is 1.13. The molecule has 0 bridgehead atoms. The quantitative estimate of drug-likeness (QED) is 0.350. The van der Waals surface area contributed by atoms with Gasteiger partial charge in [-0.15, -0.1) is 11.6 Å². The van der Waals surface area contributed by atoms with Gasteiger partial charge < -0.3 is 0 Å². The fourth-order valence-electron chi connectivity index (χ4n) is 0.933. The van der Waals surface area contributed by atoms with E-state index in [9.17, 15) is 0 Å². The van der Waals surface area contributed by atoms with E-state index in [0.717, 1.165) is 19.3 Å². The Kier molecular flexibility index (Phi) is 1.62. The highest BCUT2D eigenvalue weighted by atomic mass is 35.5. The van der Waals surface area contributed by atoms with Crippen molar-refractivity contribution in [2.75, 3.05) is 0 Å². The lowest BCUT2D eigenvalue weighted by molar-refractivity contribution is 0.567. The molecule has 1 heteroatoms. The molecule has 0 aliphatic heterocycles. The smallest absolute Gasteiger partial charge is 0.0456 e. The number of allylic oxidation sites excluding steroid dienone is 2. The van der Waals surface area contributed by atoms with E-state index in [1.165, 1.54) is 0 Å². The standard InChI is InChI=1S/C7H11Cl/c1-7(8)5-3-2-4-6-7/h2-3H,4-6H2,1H3. The molecular formula is C7H11Cl. The monoisotopic (exact) mass is 130 g/mol. The molecule has 0 spiro atoms. The van der Waals surface area contributed by atoms with Crippen molar-refractivity contribution in [2.24, 2.45) is 0 Å². The summed E-state index contributed by atoms with van der Waals surface area (Å²) >= 11 is 6.02. The van der Waals surface area contributed by atoms with Gasteiger partial charge >= 0.3 is 0 Å². The lowest BCUT2D eigenvalue weighted by atomic mass is 9.96. The van der Waals surface area contributed by atoms with Crippen molar-refractivity contribution in [3.05, 3.63) is 12.2 Å². The van der Waals surface area contributed by atoms with Crippen LogP contribution in [0.5, 0.6) is 0 Å². The SMILES string of the molecule is CC1(Cl)CC=CCC1. The van der Waals surface area contributed by atoms with Gasteiger partial charge in [-0.25, -0.2) is 0 Å². The van der Waals surface area contributed by atoms with Gasteiger partial charge in [0.25, 0.3) is 0 Å². The van der Waals surface area contributed by atoms with Crippen LogP contribution in [0.15, 0.2) is 12.2 Å². The summed E-state index contributed by atoms with van der Waals surface area (Å²) in [4.78, 5) is 0.0642. The Hall–Kier alpha value is 0.0300. The van der Waals surface area contributed by atoms with Gasteiger partial charge in [0.2, 0.25) is 0 Å². The van der Waals surface area contributed by atoms with Crippen molar-refractivity contribution in [3.8, 4) is 0 Å². The van der Waals surface area contributed by atoms with Crippen LogP contribution in [0, 0.1) is 0 Å². The second-order valence-electron chi connectivity index (χ2n) is 2.63. The van der Waals surface area contributed by atoms with Crippen molar-refractivity contribution in [3.63, 3.8) is 0 Å². The second kappa shape index (κ2) is 2.10. The van der Waals surface area contributed by atoms with E-state index in [4.69, 9.17) is 11.6 Å². The van der Waals surface area contributed by atoms with Crippen LogP contribution in [0.2, 0.25) is 0 Å². The molecule has 0 aromatic heterocycles. The zero-order valence-corrected chi connectivity index (χ0v) is 5.91. The Morgan fingerprint density at radius 3 is 2.50 bits per heavy atom. The molecule has 1 aliphatic carbocycles. The highest BCUT2D eigenvalue weighted by Gasteiger charge is 2.19. The van der Waals surface area contributed by atoms with E-state index < -0.39 is 0 Å². The van der Waals surface area contributed by atoms with E-state index in [2.05, 4.69) is 19.1 Å². The number of rotatable bonds is 0. The molecule has 8 heavy (non-hydrogen) atoms. The lowest BCUT2D eigenvalue weighted by Gasteiger charge is -2.21. The maximum Gasteiger partial charge on any atom is 0.0456 e. The number of hydrogen-bond donors (Lipinski definition) is 0. The Balaban J connectivity index is 2.50. The molecule has 1 aliphatic rings. The first-order chi connectivity index (χ1) is 3.71. The van der Waals surface area contributed by atoms with E-state index in [0.29, 0.717) is 0 Å². The topological polar surface area (TPSA) is 0 Å². The lowest BCUT2D eigenvalue weighted by Crippen LogP contribution is -2.16. The Morgan fingerprint density at radius 1 is 1.50 bits per heavy atom. The van der Waals surface area contributed by atoms with Crippen molar-refractivity contribution < 1.29 is 0 Å². The minimum Gasteiger partial charge on any atom is -0.119 e. The maximum absolute atomic E-state index is 6.02. The molecule has 1 unspecified atom stereocenters. The molecule has 0 N–H and O–H groups in total. The molecule has 0 aromatic rings. The van der Waals surface area contributed by atoms with Gasteiger partial charge in [-0.05, 0) is 26.2 Å². The second-order valence-corrected chi connectivity index (χ2v) is 3.54. The van der Waals surface area contributed by atoms with Gasteiger partial charge in [0.15, 0.2) is 0 Å². The van der Waals surface area contributed by atoms with E-state index in [1.54, 1.807) is 0 Å². The first-order valence-corrected chi connectivity index (χ1v) is 3.42. The summed E-state index contributed by atoms with van der Waals surface area (Å²) in [7, 11) is 0. The average molecular weight is 131 g/mol. The van der Waals surface area contributed by atoms with Crippen LogP contribution >= 0.6 is 11.6 Å². The molecule has 46 valence electrons. The summed E-state index contributed by atoms with van der Waals surface area (Å²) in [6.45, 7) is 2.10. The highest BCUT2D eigenvalue weighted by molar-refractivity contribution is 6.23. The fraction of sp³-hybridized carbons (Fsp3) is 0.714. The van der Waals surface area contributed by atoms with Gasteiger partial charge in [-0.1, -0.05) is 12.2 Å². The van der Waals surface area contributed by atoms with Crippen LogP contribution in [-0.2, 0) is 0 Å². The number of halogens is 1. The maximum atomic E-state index is 6.02. The van der Waals surface area contributed by atoms with Gasteiger partial charge in [0, 0.05) is 4.87 Å². The molecule has 0 nitrogen and oxygen atoms in total. The van der Waals surface area contributed by atoms with E-state index >= 15 is 0 Å². The summed E-state index contributed by atoms with van der Waals surface area (Å²) in [5.41, 5.74) is 0. The predicted molar refractivity (Wildman–Crippen MR) is 37.2 cm³/mol. The number of alkyl halides is 1. The first-order valence-electron chi connectivity index (χ1n) is 3.05. The summed E-state index contributed by atoms with van der Waals surface area (Å²) in [6, 6.07) is 0. The summed E-state index contributed by atoms with van der Waals surface area (Å²) in [6.07, 6.45) is 7.68. The van der Waals surface area contributed by atoms with Crippen LogP contribution in [0.3, 0.4) is 0 Å². The average Bonchev–Trinajstić information content (AvgIpc) is 1.65. The molecule has 0 amide bonds. The number of hydrogen-bond acceptors (Lipinski definition) is 0. The van der Waals surface area contributed by atoms with Crippen LogP contribution in [0.1, 0.15) is 26.2 Å². The molecular weight excluding hydrogens is 120 g/mol. The van der Waals surface area contributed by atoms with Crippen molar-refractivity contribution in [1.29, 1.82) is 0 Å². The predicted octanol–water partition coefficient (Wildman–Crippen LogP) is 2.72. The third-order valence-electron chi connectivity index (χ3n) is 1.54. The van der Waals surface area contributed by atoms with Crippen molar-refractivity contribution >= 4 is 11.6 Å². The summed E-state index contributed by atoms with van der Waals surface area (Å²) < 4.78 is 0. The molecule has 0 radical (unpaired) electrons. The van der Waals surface area contributed by atoms with Crippen molar-refractivity contribution in [1.82, 2.24) is 0 Å². The zero-order valence-electron chi connectivity index (χ0n) is 5.15. The van der Waals surface area contributed by atoms with Gasteiger partial charge in [-0.3, -0.25) is 0 Å².